The van der Waals surface area contributed by atoms with Gasteiger partial charge in [-0.2, -0.15) is 15.3 Å². The Bertz CT molecular complexity index is 1340. The quantitative estimate of drug-likeness (QED) is 0.341. The summed E-state index contributed by atoms with van der Waals surface area (Å²) in [6.07, 6.45) is 2.80. The van der Waals surface area contributed by atoms with Gasteiger partial charge in [0.1, 0.15) is 17.3 Å². The number of hydrogen-bond donors (Lipinski definition) is 2. The number of benzene rings is 2. The molecule has 0 unspecified atom stereocenters. The van der Waals surface area contributed by atoms with Crippen molar-refractivity contribution in [3.8, 4) is 17.0 Å². The zero-order valence-electron chi connectivity index (χ0n) is 19.2. The monoisotopic (exact) mass is 497 g/mol. The highest BCUT2D eigenvalue weighted by atomic mass is 19.2. The van der Waals surface area contributed by atoms with Gasteiger partial charge in [-0.05, 0) is 47.9 Å². The van der Waals surface area contributed by atoms with Gasteiger partial charge in [0.05, 0.1) is 32.7 Å². The molecule has 186 valence electrons. The number of nitrogens with one attached hydrogen (secondary N) is 1. The molecule has 0 fully saturated rings. The minimum Gasteiger partial charge on any atom is -0.497 e. The third-order valence-electron chi connectivity index (χ3n) is 5.50. The van der Waals surface area contributed by atoms with Crippen LogP contribution in [0.15, 0.2) is 54.9 Å². The van der Waals surface area contributed by atoms with Crippen molar-refractivity contribution < 1.29 is 27.8 Å². The van der Waals surface area contributed by atoms with E-state index in [0.717, 1.165) is 17.7 Å². The third-order valence-corrected chi connectivity index (χ3v) is 5.50. The van der Waals surface area contributed by atoms with Gasteiger partial charge in [0, 0.05) is 17.5 Å². The average molecular weight is 497 g/mol. The molecule has 0 radical (unpaired) electrons. The number of aromatic nitrogens is 4. The molecule has 2 N–H and O–H groups in total. The average Bonchev–Trinajstić information content (AvgIpc) is 3.23. The number of hydrogen-bond acceptors (Lipinski definition) is 6. The molecule has 36 heavy (non-hydrogen) atoms. The smallest absolute Gasteiger partial charge is 0.225 e. The lowest BCUT2D eigenvalue weighted by Crippen LogP contribution is -2.17. The highest BCUT2D eigenvalue weighted by Gasteiger charge is 2.21. The van der Waals surface area contributed by atoms with Crippen LogP contribution < -0.4 is 10.1 Å². The summed E-state index contributed by atoms with van der Waals surface area (Å²) in [6, 6.07) is 10.7. The van der Waals surface area contributed by atoms with Crippen molar-refractivity contribution in [2.45, 2.75) is 26.0 Å². The summed E-state index contributed by atoms with van der Waals surface area (Å²) in [7, 11) is 1.56. The summed E-state index contributed by atoms with van der Waals surface area (Å²) in [5.74, 6) is -3.73. The number of carbonyl (C=O) groups excluding carboxylic acids is 1. The Balaban J connectivity index is 1.61. The highest BCUT2D eigenvalue weighted by molar-refractivity contribution is 5.92. The fourth-order valence-corrected chi connectivity index (χ4v) is 3.67. The number of nitrogens with zero attached hydrogens (tertiary/aromatic N) is 4. The van der Waals surface area contributed by atoms with Gasteiger partial charge in [-0.3, -0.25) is 4.79 Å². The van der Waals surface area contributed by atoms with E-state index >= 15 is 0 Å². The number of methoxy groups -OCH3 is 1. The van der Waals surface area contributed by atoms with Gasteiger partial charge in [0.2, 0.25) is 5.91 Å². The molecule has 11 heteroatoms. The molecule has 2 aromatic carbocycles. The molecule has 0 spiro atoms. The Labute approximate surface area is 204 Å². The van der Waals surface area contributed by atoms with Gasteiger partial charge < -0.3 is 15.2 Å². The van der Waals surface area contributed by atoms with Gasteiger partial charge in [-0.15, -0.1) is 0 Å². The van der Waals surface area contributed by atoms with Crippen LogP contribution >= 0.6 is 0 Å². The predicted octanol–water partition coefficient (Wildman–Crippen LogP) is 3.88. The van der Waals surface area contributed by atoms with Crippen LogP contribution in [0, 0.1) is 17.5 Å². The van der Waals surface area contributed by atoms with E-state index in [1.54, 1.807) is 25.3 Å². The molecule has 0 saturated carbocycles. The first-order chi connectivity index (χ1) is 17.4. The van der Waals surface area contributed by atoms with Crippen molar-refractivity contribution in [1.82, 2.24) is 20.0 Å². The van der Waals surface area contributed by atoms with Gasteiger partial charge >= 0.3 is 0 Å². The number of aliphatic hydroxyl groups excluding tert-OH is 1. The first-order valence-corrected chi connectivity index (χ1v) is 10.9. The molecule has 8 nitrogen and oxygen atoms in total. The molecular weight excluding hydrogens is 475 g/mol. The lowest BCUT2D eigenvalue weighted by Gasteiger charge is -2.11. The van der Waals surface area contributed by atoms with E-state index in [4.69, 9.17) is 4.74 Å². The maximum atomic E-state index is 13.5. The fraction of sp³-hybridized carbons (Fsp3) is 0.200. The van der Waals surface area contributed by atoms with Gasteiger partial charge in [-0.1, -0.05) is 12.1 Å². The number of anilines is 1. The fourth-order valence-electron chi connectivity index (χ4n) is 3.67. The highest BCUT2D eigenvalue weighted by Crippen LogP contribution is 2.30. The van der Waals surface area contributed by atoms with Crippen LogP contribution in [0.4, 0.5) is 19.0 Å². The summed E-state index contributed by atoms with van der Waals surface area (Å²) in [5.41, 5.74) is 2.37. The van der Waals surface area contributed by atoms with E-state index < -0.39 is 30.0 Å². The van der Waals surface area contributed by atoms with Gasteiger partial charge in [0.15, 0.2) is 17.5 Å². The lowest BCUT2D eigenvalue weighted by atomic mass is 10.1. The van der Waals surface area contributed by atoms with Crippen molar-refractivity contribution in [2.24, 2.45) is 0 Å². The maximum Gasteiger partial charge on any atom is 0.225 e. The minimum atomic E-state index is -1.56. The molecular formula is C25H22F3N5O3. The summed E-state index contributed by atoms with van der Waals surface area (Å²) < 4.78 is 47.0. The minimum absolute atomic E-state index is 0.0256. The van der Waals surface area contributed by atoms with Crippen molar-refractivity contribution >= 4 is 11.7 Å². The summed E-state index contributed by atoms with van der Waals surface area (Å²) in [6.45, 7) is -0.163. The standard InChI is InChI=1S/C25H22F3N5O3/c1-36-18-5-2-15(3-6-18)13-33-25(19(14-34)24(32-33)17-8-9-29-30-12-17)31-22(35)7-4-16-10-20(26)23(28)21(27)11-16/h2-3,5-6,8-12,34H,4,7,13-14H2,1H3,(H,31,35). The second-order valence-corrected chi connectivity index (χ2v) is 7.89. The normalized spacial score (nSPS) is 10.9. The van der Waals surface area contributed by atoms with E-state index in [2.05, 4.69) is 20.6 Å². The lowest BCUT2D eigenvalue weighted by molar-refractivity contribution is -0.116. The van der Waals surface area contributed by atoms with Crippen LogP contribution in [-0.2, 0) is 24.4 Å². The number of carbonyl (C=O) groups is 1. The van der Waals surface area contributed by atoms with E-state index in [1.165, 1.54) is 17.1 Å². The summed E-state index contributed by atoms with van der Waals surface area (Å²) in [5, 5.41) is 25.1. The van der Waals surface area contributed by atoms with Crippen LogP contribution in [0.25, 0.3) is 11.3 Å². The Morgan fingerprint density at radius 2 is 1.78 bits per heavy atom. The van der Waals surface area contributed by atoms with E-state index in [1.807, 2.05) is 12.1 Å². The second-order valence-electron chi connectivity index (χ2n) is 7.89. The number of amides is 1. The van der Waals surface area contributed by atoms with E-state index in [-0.39, 0.29) is 30.8 Å². The van der Waals surface area contributed by atoms with E-state index in [0.29, 0.717) is 22.6 Å². The molecule has 0 aliphatic rings. The third kappa shape index (κ3) is 5.52. The van der Waals surface area contributed by atoms with Crippen LogP contribution in [0.1, 0.15) is 23.1 Å². The molecule has 2 heterocycles. The largest absolute Gasteiger partial charge is 0.497 e. The zero-order chi connectivity index (χ0) is 25.7. The van der Waals surface area contributed by atoms with Crippen molar-refractivity contribution in [2.75, 3.05) is 12.4 Å². The maximum absolute atomic E-state index is 13.5. The molecule has 4 aromatic rings. The number of halogens is 3. The van der Waals surface area contributed by atoms with Crippen molar-refractivity contribution in [3.05, 3.63) is 89.0 Å². The Morgan fingerprint density at radius 3 is 2.39 bits per heavy atom. The van der Waals surface area contributed by atoms with Crippen LogP contribution in [0.3, 0.4) is 0 Å². The Morgan fingerprint density at radius 1 is 1.06 bits per heavy atom. The molecule has 4 rings (SSSR count). The van der Waals surface area contributed by atoms with Crippen molar-refractivity contribution in [3.63, 3.8) is 0 Å². The number of rotatable bonds is 9. The number of aryl methyl sites for hydroxylation is 1. The van der Waals surface area contributed by atoms with Crippen molar-refractivity contribution in [1.29, 1.82) is 0 Å². The van der Waals surface area contributed by atoms with Gasteiger partial charge in [-0.25, -0.2) is 17.9 Å². The SMILES string of the molecule is COc1ccc(Cn2nc(-c3ccnnc3)c(CO)c2NC(=O)CCc2cc(F)c(F)c(F)c2)cc1. The van der Waals surface area contributed by atoms with Crippen LogP contribution in [-0.4, -0.2) is 38.1 Å². The topological polar surface area (TPSA) is 102 Å². The zero-order valence-corrected chi connectivity index (χ0v) is 19.2. The number of ether oxygens (including phenoxy) is 1. The molecule has 0 bridgehead atoms. The number of aliphatic hydroxyl groups is 1. The van der Waals surface area contributed by atoms with E-state index in [9.17, 15) is 23.1 Å². The van der Waals surface area contributed by atoms with Crippen LogP contribution in [0.5, 0.6) is 5.75 Å². The Kier molecular flexibility index (Phi) is 7.59. The summed E-state index contributed by atoms with van der Waals surface area (Å²) in [4.78, 5) is 12.8. The first kappa shape index (κ1) is 24.9. The molecule has 0 aliphatic carbocycles. The van der Waals surface area contributed by atoms with Crippen LogP contribution in [0.2, 0.25) is 0 Å². The molecule has 0 atom stereocenters. The van der Waals surface area contributed by atoms with Gasteiger partial charge in [0.25, 0.3) is 0 Å². The second kappa shape index (κ2) is 11.0. The molecule has 1 amide bonds. The molecule has 0 saturated heterocycles. The Hall–Kier alpha value is -4.25. The first-order valence-electron chi connectivity index (χ1n) is 10.9. The predicted molar refractivity (Wildman–Crippen MR) is 125 cm³/mol. The summed E-state index contributed by atoms with van der Waals surface area (Å²) >= 11 is 0. The molecule has 0 aliphatic heterocycles. The molecule has 2 aromatic heterocycles.